The van der Waals surface area contributed by atoms with Gasteiger partial charge in [0.1, 0.15) is 5.82 Å². The number of fused-ring (bicyclic) bond motifs is 1. The van der Waals surface area contributed by atoms with Crippen molar-refractivity contribution in [3.05, 3.63) is 78.1 Å². The van der Waals surface area contributed by atoms with Gasteiger partial charge < -0.3 is 15.4 Å². The first-order valence-electron chi connectivity index (χ1n) is 8.41. The number of halogens is 1. The van der Waals surface area contributed by atoms with Crippen LogP contribution in [0.25, 0.3) is 22.3 Å². The van der Waals surface area contributed by atoms with Crippen LogP contribution in [-0.2, 0) is 6.42 Å². The minimum Gasteiger partial charge on any atom is -0.396 e. The van der Waals surface area contributed by atoms with Gasteiger partial charge in [0.05, 0.1) is 18.5 Å². The van der Waals surface area contributed by atoms with Crippen molar-refractivity contribution in [3.63, 3.8) is 0 Å². The van der Waals surface area contributed by atoms with E-state index in [9.17, 15) is 9.18 Å². The Hall–Kier alpha value is -3.65. The third-order valence-corrected chi connectivity index (χ3v) is 3.77. The Morgan fingerprint density at radius 1 is 1.14 bits per heavy atom. The number of carbonyl (C=O) groups excluding carboxylic acids is 1. The largest absolute Gasteiger partial charge is 0.396 e. The second-order valence-corrected chi connectivity index (χ2v) is 5.77. The summed E-state index contributed by atoms with van der Waals surface area (Å²) in [6.07, 6.45) is 2.09. The molecule has 0 aliphatic rings. The summed E-state index contributed by atoms with van der Waals surface area (Å²) in [5.41, 5.74) is 6.96. The van der Waals surface area contributed by atoms with Crippen molar-refractivity contribution in [3.8, 4) is 11.4 Å². The molecule has 2 heterocycles. The van der Waals surface area contributed by atoms with Crippen LogP contribution in [0, 0.1) is 5.82 Å². The predicted molar refractivity (Wildman–Crippen MR) is 101 cm³/mol. The van der Waals surface area contributed by atoms with Crippen molar-refractivity contribution in [1.29, 1.82) is 0 Å². The highest BCUT2D eigenvalue weighted by Gasteiger charge is 2.09. The zero-order valence-corrected chi connectivity index (χ0v) is 14.7. The second kappa shape index (κ2) is 8.83. The van der Waals surface area contributed by atoms with Gasteiger partial charge >= 0.3 is 0 Å². The Morgan fingerprint density at radius 2 is 1.89 bits per heavy atom. The van der Waals surface area contributed by atoms with Crippen LogP contribution in [0.15, 0.2) is 65.3 Å². The highest BCUT2D eigenvalue weighted by atomic mass is 19.1. The van der Waals surface area contributed by atoms with E-state index in [0.717, 1.165) is 16.5 Å². The van der Waals surface area contributed by atoms with Crippen LogP contribution in [0.3, 0.4) is 0 Å². The molecule has 3 N–H and O–H groups in total. The number of nitrogens with zero attached hydrogens (tertiary/aromatic N) is 3. The Kier molecular flexibility index (Phi) is 6.03. The summed E-state index contributed by atoms with van der Waals surface area (Å²) >= 11 is 0. The predicted octanol–water partition coefficient (Wildman–Crippen LogP) is 2.74. The molecule has 0 bridgehead atoms. The number of pyridine rings is 1. The van der Waals surface area contributed by atoms with Crippen LogP contribution in [0.1, 0.15) is 16.2 Å². The molecule has 0 saturated heterocycles. The van der Waals surface area contributed by atoms with Crippen LogP contribution in [-0.4, -0.2) is 32.7 Å². The molecule has 0 atom stereocenters. The van der Waals surface area contributed by atoms with Crippen LogP contribution in [0.5, 0.6) is 0 Å². The Balaban J connectivity index is 0.000000192. The van der Waals surface area contributed by atoms with Gasteiger partial charge in [0, 0.05) is 22.7 Å². The number of nitrogens with two attached hydrogens (primary N) is 1. The first-order chi connectivity index (χ1) is 13.6. The summed E-state index contributed by atoms with van der Waals surface area (Å²) in [5, 5.41) is 13.7. The van der Waals surface area contributed by atoms with E-state index in [4.69, 9.17) is 15.4 Å². The summed E-state index contributed by atoms with van der Waals surface area (Å²) in [6, 6.07) is 14.9. The van der Waals surface area contributed by atoms with Crippen molar-refractivity contribution < 1.29 is 18.8 Å². The molecule has 0 fully saturated rings. The topological polar surface area (TPSA) is 115 Å². The van der Waals surface area contributed by atoms with Gasteiger partial charge in [-0.05, 0) is 36.4 Å². The molecule has 2 aromatic heterocycles. The van der Waals surface area contributed by atoms with Crippen LogP contribution in [0.4, 0.5) is 4.39 Å². The smallest absolute Gasteiger partial charge is 0.248 e. The first kappa shape index (κ1) is 19.1. The molecule has 4 aromatic rings. The van der Waals surface area contributed by atoms with E-state index in [1.165, 1.54) is 24.3 Å². The summed E-state index contributed by atoms with van der Waals surface area (Å²) in [6.45, 7) is -0.00238. The molecule has 0 radical (unpaired) electrons. The van der Waals surface area contributed by atoms with Crippen molar-refractivity contribution in [2.45, 2.75) is 6.42 Å². The molecule has 4 rings (SSSR count). The van der Waals surface area contributed by atoms with Crippen molar-refractivity contribution >= 4 is 16.8 Å². The van der Waals surface area contributed by atoms with Crippen LogP contribution < -0.4 is 5.73 Å². The van der Waals surface area contributed by atoms with E-state index in [0.29, 0.717) is 23.7 Å². The summed E-state index contributed by atoms with van der Waals surface area (Å²) < 4.78 is 17.2. The Labute approximate surface area is 159 Å². The molecule has 0 spiro atoms. The molecule has 7 nitrogen and oxygen atoms in total. The summed E-state index contributed by atoms with van der Waals surface area (Å²) in [4.78, 5) is 19.0. The molecule has 1 amide bonds. The maximum atomic E-state index is 12.2. The highest BCUT2D eigenvalue weighted by molar-refractivity contribution is 5.92. The summed E-state index contributed by atoms with van der Waals surface area (Å²) in [7, 11) is 0. The second-order valence-electron chi connectivity index (χ2n) is 5.77. The number of aromatic nitrogens is 3. The molecule has 2 aromatic carbocycles. The number of hydrogen-bond acceptors (Lipinski definition) is 6. The monoisotopic (exact) mass is 380 g/mol. The molecule has 0 aliphatic heterocycles. The maximum Gasteiger partial charge on any atom is 0.248 e. The van der Waals surface area contributed by atoms with Gasteiger partial charge in [-0.15, -0.1) is 0 Å². The lowest BCUT2D eigenvalue weighted by molar-refractivity contribution is 0.1000. The fraction of sp³-hybridized carbons (Fsp3) is 0.100. The first-order valence-corrected chi connectivity index (χ1v) is 8.41. The number of rotatable bonds is 4. The molecule has 8 heteroatoms. The quantitative estimate of drug-likeness (QED) is 0.562. The summed E-state index contributed by atoms with van der Waals surface area (Å²) in [5.74, 6) is 0.0161. The third-order valence-electron chi connectivity index (χ3n) is 3.77. The fourth-order valence-corrected chi connectivity index (χ4v) is 2.38. The minimum absolute atomic E-state index is 0.00238. The normalized spacial score (nSPS) is 10.4. The third kappa shape index (κ3) is 4.74. The lowest BCUT2D eigenvalue weighted by Crippen LogP contribution is -2.10. The molecule has 0 aliphatic carbocycles. The highest BCUT2D eigenvalue weighted by Crippen LogP contribution is 2.20. The zero-order valence-electron chi connectivity index (χ0n) is 14.7. The van der Waals surface area contributed by atoms with E-state index in [1.54, 1.807) is 6.20 Å². The van der Waals surface area contributed by atoms with Crippen molar-refractivity contribution in [2.24, 2.45) is 5.73 Å². The number of amides is 1. The molecule has 142 valence electrons. The Bertz CT molecular complexity index is 1080. The van der Waals surface area contributed by atoms with E-state index in [-0.39, 0.29) is 12.4 Å². The van der Waals surface area contributed by atoms with Gasteiger partial charge in [0.2, 0.25) is 17.6 Å². The maximum absolute atomic E-state index is 12.2. The number of primary amides is 1. The van der Waals surface area contributed by atoms with Gasteiger partial charge in [0.15, 0.2) is 0 Å². The number of benzene rings is 2. The van der Waals surface area contributed by atoms with Gasteiger partial charge in [-0.1, -0.05) is 23.4 Å². The molecular formula is C20H17FN4O3. The van der Waals surface area contributed by atoms with Crippen LogP contribution in [0.2, 0.25) is 0 Å². The number of aliphatic hydroxyl groups excluding tert-OH is 1. The average Bonchev–Trinajstić information content (AvgIpc) is 3.17. The lowest BCUT2D eigenvalue weighted by Gasteiger charge is -1.98. The minimum atomic E-state index is -0.542. The van der Waals surface area contributed by atoms with Gasteiger partial charge in [0.25, 0.3) is 0 Å². The molecular weight excluding hydrogens is 363 g/mol. The van der Waals surface area contributed by atoms with E-state index in [2.05, 4.69) is 15.1 Å². The van der Waals surface area contributed by atoms with Gasteiger partial charge in [-0.2, -0.15) is 4.98 Å². The zero-order chi connectivity index (χ0) is 19.9. The number of para-hydroxylation sites is 1. The average molecular weight is 380 g/mol. The molecule has 0 unspecified atom stereocenters. The van der Waals surface area contributed by atoms with Crippen molar-refractivity contribution in [1.82, 2.24) is 15.1 Å². The Morgan fingerprint density at radius 3 is 2.61 bits per heavy atom. The SMILES string of the molecule is NC(=O)c1ccc(F)cc1.OCCc1nc(-c2cnc3ccccc3c2)no1. The molecule has 28 heavy (non-hydrogen) atoms. The number of carbonyl (C=O) groups is 1. The fourth-order valence-electron chi connectivity index (χ4n) is 2.38. The number of aliphatic hydroxyl groups is 1. The number of hydrogen-bond donors (Lipinski definition) is 2. The molecule has 0 saturated carbocycles. The van der Waals surface area contributed by atoms with Crippen molar-refractivity contribution in [2.75, 3.05) is 6.61 Å². The van der Waals surface area contributed by atoms with E-state index >= 15 is 0 Å². The lowest BCUT2D eigenvalue weighted by atomic mass is 10.1. The van der Waals surface area contributed by atoms with Gasteiger partial charge in [-0.3, -0.25) is 9.78 Å². The van der Waals surface area contributed by atoms with Gasteiger partial charge in [-0.25, -0.2) is 4.39 Å². The van der Waals surface area contributed by atoms with E-state index < -0.39 is 5.91 Å². The van der Waals surface area contributed by atoms with Crippen LogP contribution >= 0.6 is 0 Å². The van der Waals surface area contributed by atoms with E-state index in [1.807, 2.05) is 30.3 Å². The standard InChI is InChI=1S/C13H11N3O2.C7H6FNO/c17-6-5-12-15-13(16-18-12)10-7-9-3-1-2-4-11(9)14-8-10;8-6-3-1-5(2-4-6)7(9)10/h1-4,7-8,17H,5-6H2;1-4H,(H2,9,10).